The lowest BCUT2D eigenvalue weighted by Gasteiger charge is -2.37. The highest BCUT2D eigenvalue weighted by Crippen LogP contribution is 2.48. The maximum Gasteiger partial charge on any atom is 0.435 e. The first kappa shape index (κ1) is 17.0. The number of hydrogen-bond acceptors (Lipinski definition) is 3. The van der Waals surface area contributed by atoms with E-state index in [1.54, 1.807) is 0 Å². The Hall–Kier alpha value is -2.45. The van der Waals surface area contributed by atoms with Crippen molar-refractivity contribution in [1.29, 1.82) is 0 Å². The topological polar surface area (TPSA) is 51.0 Å². The summed E-state index contributed by atoms with van der Waals surface area (Å²) in [4.78, 5) is 14.1. The maximum absolute atomic E-state index is 13.6. The third kappa shape index (κ3) is 2.75. The van der Waals surface area contributed by atoms with Crippen molar-refractivity contribution in [3.05, 3.63) is 41.5 Å². The van der Waals surface area contributed by atoms with Crippen molar-refractivity contribution in [3.63, 3.8) is 0 Å². The maximum atomic E-state index is 13.6. The molecule has 2 fully saturated rings. The van der Waals surface area contributed by atoms with Crippen molar-refractivity contribution in [2.45, 2.75) is 31.9 Å². The Morgan fingerprint density at radius 3 is 2.35 bits per heavy atom. The molecule has 0 unspecified atom stereocenters. The molecule has 1 aliphatic heterocycles. The van der Waals surface area contributed by atoms with E-state index in [9.17, 15) is 22.4 Å². The first-order valence-corrected chi connectivity index (χ1v) is 8.37. The van der Waals surface area contributed by atoms with Crippen molar-refractivity contribution in [3.8, 4) is 5.69 Å². The number of rotatable bonds is 2. The van der Waals surface area contributed by atoms with Gasteiger partial charge in [-0.3, -0.25) is 4.79 Å². The van der Waals surface area contributed by atoms with Crippen molar-refractivity contribution in [2.24, 2.45) is 5.41 Å². The van der Waals surface area contributed by atoms with Gasteiger partial charge in [0.25, 0.3) is 5.91 Å². The van der Waals surface area contributed by atoms with E-state index in [-0.39, 0.29) is 11.1 Å². The second-order valence-electron chi connectivity index (χ2n) is 7.00. The second kappa shape index (κ2) is 5.78. The van der Waals surface area contributed by atoms with Gasteiger partial charge in [-0.15, -0.1) is 5.10 Å². The zero-order valence-corrected chi connectivity index (χ0v) is 13.8. The largest absolute Gasteiger partial charge is 0.435 e. The number of aromatic nitrogens is 3. The van der Waals surface area contributed by atoms with Crippen LogP contribution in [-0.4, -0.2) is 38.9 Å². The lowest BCUT2D eigenvalue weighted by Crippen LogP contribution is -2.36. The van der Waals surface area contributed by atoms with E-state index >= 15 is 0 Å². The number of benzene rings is 1. The summed E-state index contributed by atoms with van der Waals surface area (Å²) in [5.74, 6) is -1.34. The molecule has 0 bridgehead atoms. The van der Waals surface area contributed by atoms with Gasteiger partial charge in [-0.1, -0.05) is 11.6 Å². The number of nitrogens with zero attached hydrogens (tertiary/aromatic N) is 4. The molecular weight excluding hydrogens is 352 g/mol. The Balaban J connectivity index is 1.70. The van der Waals surface area contributed by atoms with Gasteiger partial charge in [-0.25, -0.2) is 9.07 Å². The lowest BCUT2D eigenvalue weighted by molar-refractivity contribution is -0.143. The highest BCUT2D eigenvalue weighted by atomic mass is 19.4. The van der Waals surface area contributed by atoms with Crippen LogP contribution in [-0.2, 0) is 6.18 Å². The number of amides is 1. The fraction of sp³-hybridized carbons (Fsp3) is 0.471. The van der Waals surface area contributed by atoms with Crippen LogP contribution in [0.5, 0.6) is 0 Å². The summed E-state index contributed by atoms with van der Waals surface area (Å²) in [7, 11) is 0. The van der Waals surface area contributed by atoms with Gasteiger partial charge >= 0.3 is 6.18 Å². The zero-order chi connectivity index (χ0) is 18.5. The van der Waals surface area contributed by atoms with E-state index in [0.717, 1.165) is 49.9 Å². The van der Waals surface area contributed by atoms with E-state index < -0.39 is 29.3 Å². The molecule has 1 aliphatic carbocycles. The molecule has 2 heterocycles. The molecule has 1 amide bonds. The van der Waals surface area contributed by atoms with Gasteiger partial charge in [0.05, 0.1) is 5.69 Å². The standard InChI is InChI=1S/C17H16F4N4O/c18-11-2-4-12(5-3-11)25-14(17(19,20)21)13(22-23-25)15(26)24-9-8-16(10-24)6-1-7-16/h2-5H,1,6-10H2. The van der Waals surface area contributed by atoms with E-state index in [1.807, 2.05) is 0 Å². The van der Waals surface area contributed by atoms with Crippen LogP contribution in [0.1, 0.15) is 41.9 Å². The summed E-state index contributed by atoms with van der Waals surface area (Å²) in [6.07, 6.45) is -0.907. The molecule has 4 rings (SSSR count). The minimum atomic E-state index is -4.82. The molecule has 2 aliphatic rings. The molecule has 9 heteroatoms. The Kier molecular flexibility index (Phi) is 3.78. The van der Waals surface area contributed by atoms with Crippen LogP contribution in [0.3, 0.4) is 0 Å². The van der Waals surface area contributed by atoms with Gasteiger partial charge in [-0.2, -0.15) is 13.2 Å². The molecule has 5 nitrogen and oxygen atoms in total. The highest BCUT2D eigenvalue weighted by Gasteiger charge is 2.47. The van der Waals surface area contributed by atoms with Crippen LogP contribution in [0.25, 0.3) is 5.69 Å². The Morgan fingerprint density at radius 2 is 1.81 bits per heavy atom. The SMILES string of the molecule is O=C(c1nnn(-c2ccc(F)cc2)c1C(F)(F)F)N1CCC2(CCC2)C1. The van der Waals surface area contributed by atoms with Crippen molar-refractivity contribution >= 4 is 5.91 Å². The number of carbonyl (C=O) groups is 1. The van der Waals surface area contributed by atoms with Crippen LogP contribution in [0.4, 0.5) is 17.6 Å². The smallest absolute Gasteiger partial charge is 0.337 e. The Bertz CT molecular complexity index is 839. The first-order valence-electron chi connectivity index (χ1n) is 8.37. The summed E-state index contributed by atoms with van der Waals surface area (Å²) < 4.78 is 54.5. The average Bonchev–Trinajstić information content (AvgIpc) is 3.19. The molecule has 138 valence electrons. The summed E-state index contributed by atoms with van der Waals surface area (Å²) >= 11 is 0. The monoisotopic (exact) mass is 368 g/mol. The molecule has 26 heavy (non-hydrogen) atoms. The van der Waals surface area contributed by atoms with E-state index in [4.69, 9.17) is 0 Å². The average molecular weight is 368 g/mol. The number of carbonyl (C=O) groups excluding carboxylic acids is 1. The van der Waals surface area contributed by atoms with Crippen LogP contribution >= 0.6 is 0 Å². The number of halogens is 4. The molecule has 0 atom stereocenters. The molecule has 2 aromatic rings. The molecular formula is C17H16F4N4O. The minimum absolute atomic E-state index is 0.0119. The lowest BCUT2D eigenvalue weighted by atomic mass is 9.68. The molecule has 1 saturated carbocycles. The van der Waals surface area contributed by atoms with E-state index in [0.29, 0.717) is 17.8 Å². The minimum Gasteiger partial charge on any atom is -0.337 e. The van der Waals surface area contributed by atoms with Gasteiger partial charge in [0.15, 0.2) is 11.4 Å². The van der Waals surface area contributed by atoms with Crippen LogP contribution in [0.15, 0.2) is 24.3 Å². The van der Waals surface area contributed by atoms with Crippen LogP contribution in [0.2, 0.25) is 0 Å². The predicted molar refractivity (Wildman–Crippen MR) is 83.1 cm³/mol. The summed E-state index contributed by atoms with van der Waals surface area (Å²) in [5.41, 5.74) is -1.88. The Morgan fingerprint density at radius 1 is 1.12 bits per heavy atom. The third-order valence-corrected chi connectivity index (χ3v) is 5.35. The first-order chi connectivity index (χ1) is 12.3. The van der Waals surface area contributed by atoms with Gasteiger partial charge in [0.2, 0.25) is 0 Å². The summed E-state index contributed by atoms with van der Waals surface area (Å²) in [6.45, 7) is 0.895. The highest BCUT2D eigenvalue weighted by molar-refractivity contribution is 5.94. The van der Waals surface area contributed by atoms with Crippen molar-refractivity contribution < 1.29 is 22.4 Å². The quantitative estimate of drug-likeness (QED) is 0.763. The van der Waals surface area contributed by atoms with Crippen molar-refractivity contribution in [1.82, 2.24) is 19.9 Å². The summed E-state index contributed by atoms with van der Waals surface area (Å²) in [5, 5.41) is 7.05. The van der Waals surface area contributed by atoms with E-state index in [2.05, 4.69) is 10.3 Å². The van der Waals surface area contributed by atoms with Crippen LogP contribution in [0, 0.1) is 11.2 Å². The van der Waals surface area contributed by atoms with E-state index in [1.165, 1.54) is 4.90 Å². The molecule has 1 aromatic heterocycles. The Labute approximate surface area is 146 Å². The van der Waals surface area contributed by atoms with Gasteiger partial charge in [-0.05, 0) is 48.9 Å². The van der Waals surface area contributed by atoms with Crippen molar-refractivity contribution in [2.75, 3.05) is 13.1 Å². The van der Waals surface area contributed by atoms with Crippen LogP contribution < -0.4 is 0 Å². The number of hydrogen-bond donors (Lipinski definition) is 0. The molecule has 1 aromatic carbocycles. The fourth-order valence-corrected chi connectivity index (χ4v) is 3.79. The second-order valence-corrected chi connectivity index (χ2v) is 7.00. The molecule has 1 saturated heterocycles. The fourth-order valence-electron chi connectivity index (χ4n) is 3.79. The zero-order valence-electron chi connectivity index (χ0n) is 13.8. The summed E-state index contributed by atoms with van der Waals surface area (Å²) in [6, 6.07) is 4.37. The molecule has 1 spiro atoms. The van der Waals surface area contributed by atoms with Gasteiger partial charge in [0, 0.05) is 13.1 Å². The molecule has 0 N–H and O–H groups in total. The van der Waals surface area contributed by atoms with Gasteiger partial charge in [0.1, 0.15) is 5.82 Å². The normalized spacial score (nSPS) is 19.0. The molecule has 0 radical (unpaired) electrons. The van der Waals surface area contributed by atoms with Gasteiger partial charge < -0.3 is 4.90 Å². The third-order valence-electron chi connectivity index (χ3n) is 5.35. The number of likely N-dealkylation sites (tertiary alicyclic amines) is 1. The predicted octanol–water partition coefficient (Wildman–Crippen LogP) is 3.44. The number of alkyl halides is 3.